The van der Waals surface area contributed by atoms with Gasteiger partial charge in [-0.25, -0.2) is 9.67 Å². The largest absolute Gasteiger partial charge is 0.476 e. The molecule has 0 bridgehead atoms. The topological polar surface area (TPSA) is 65.7 Å². The Hall–Kier alpha value is -2.19. The van der Waals surface area contributed by atoms with Gasteiger partial charge in [-0.3, -0.25) is 0 Å². The number of tetrazole rings is 1. The summed E-state index contributed by atoms with van der Waals surface area (Å²) in [6, 6.07) is 0.976. The minimum atomic E-state index is -4.38. The predicted molar refractivity (Wildman–Crippen MR) is 64.6 cm³/mol. The van der Waals surface area contributed by atoms with Crippen molar-refractivity contribution in [1.29, 1.82) is 0 Å². The van der Waals surface area contributed by atoms with E-state index in [2.05, 4.69) is 20.5 Å². The number of aromatic nitrogens is 5. The van der Waals surface area contributed by atoms with Gasteiger partial charge in [-0.2, -0.15) is 13.2 Å². The van der Waals surface area contributed by atoms with Crippen LogP contribution in [0.2, 0.25) is 0 Å². The monoisotopic (exact) mass is 299 g/mol. The minimum absolute atomic E-state index is 0.00366. The molecule has 0 aromatic carbocycles. The molecule has 2 aromatic heterocycles. The Balaban J connectivity index is 1.76. The van der Waals surface area contributed by atoms with Crippen molar-refractivity contribution in [2.24, 2.45) is 0 Å². The van der Waals surface area contributed by atoms with Gasteiger partial charge in [-0.1, -0.05) is 0 Å². The van der Waals surface area contributed by atoms with E-state index in [4.69, 9.17) is 4.74 Å². The zero-order chi connectivity index (χ0) is 14.9. The lowest BCUT2D eigenvalue weighted by Crippen LogP contribution is -2.13. The van der Waals surface area contributed by atoms with Crippen LogP contribution in [0.1, 0.15) is 23.2 Å². The second-order valence-corrected chi connectivity index (χ2v) is 4.71. The van der Waals surface area contributed by atoms with E-state index in [1.54, 1.807) is 0 Å². The van der Waals surface area contributed by atoms with Crippen LogP contribution in [0.5, 0.6) is 5.88 Å². The molecule has 0 radical (unpaired) electrons. The molecule has 0 unspecified atom stereocenters. The molecule has 6 nitrogen and oxygen atoms in total. The average molecular weight is 299 g/mol. The van der Waals surface area contributed by atoms with Crippen LogP contribution in [0, 0.1) is 0 Å². The van der Waals surface area contributed by atoms with Gasteiger partial charge in [0.15, 0.2) is 0 Å². The van der Waals surface area contributed by atoms with E-state index < -0.39 is 11.7 Å². The van der Waals surface area contributed by atoms with E-state index in [1.165, 1.54) is 11.0 Å². The summed E-state index contributed by atoms with van der Waals surface area (Å²) in [6.45, 7) is 0.487. The van der Waals surface area contributed by atoms with Gasteiger partial charge in [-0.05, 0) is 35.3 Å². The molecule has 9 heteroatoms. The lowest BCUT2D eigenvalue weighted by Gasteiger charge is -2.14. The van der Waals surface area contributed by atoms with Crippen molar-refractivity contribution >= 4 is 0 Å². The summed E-state index contributed by atoms with van der Waals surface area (Å²) in [5.74, 6) is -0.00366. The standard InChI is InChI=1S/C12H12F3N5O/c13-12(14,15)9-6-11(17-10-3-1-2-8(9)10)21-5-4-20-7-16-18-19-20/h6-7H,1-5H2. The summed E-state index contributed by atoms with van der Waals surface area (Å²) in [7, 11) is 0. The van der Waals surface area contributed by atoms with Crippen LogP contribution in [0.25, 0.3) is 0 Å². The summed E-state index contributed by atoms with van der Waals surface area (Å²) in [5, 5.41) is 10.5. The molecule has 0 saturated carbocycles. The number of fused-ring (bicyclic) bond motifs is 1. The molecule has 0 spiro atoms. The van der Waals surface area contributed by atoms with Crippen molar-refractivity contribution in [3.05, 3.63) is 29.2 Å². The molecule has 0 amide bonds. The Kier molecular flexibility index (Phi) is 3.48. The fourth-order valence-corrected chi connectivity index (χ4v) is 2.37. The van der Waals surface area contributed by atoms with Crippen LogP contribution in [-0.2, 0) is 25.6 Å². The lowest BCUT2D eigenvalue weighted by atomic mass is 10.1. The molecule has 0 fully saturated rings. The molecule has 2 aromatic rings. The molecule has 1 aliphatic carbocycles. The highest BCUT2D eigenvalue weighted by Gasteiger charge is 2.36. The third kappa shape index (κ3) is 2.96. The summed E-state index contributed by atoms with van der Waals surface area (Å²) in [5.41, 5.74) is 0.153. The van der Waals surface area contributed by atoms with E-state index in [1.807, 2.05) is 0 Å². The quantitative estimate of drug-likeness (QED) is 0.859. The smallest absolute Gasteiger partial charge is 0.416 e. The molecule has 21 heavy (non-hydrogen) atoms. The molecular weight excluding hydrogens is 287 g/mol. The van der Waals surface area contributed by atoms with E-state index in [9.17, 15) is 13.2 Å². The Morgan fingerprint density at radius 3 is 2.86 bits per heavy atom. The third-order valence-electron chi connectivity index (χ3n) is 3.29. The number of rotatable bonds is 4. The van der Waals surface area contributed by atoms with Gasteiger partial charge in [0.1, 0.15) is 12.9 Å². The van der Waals surface area contributed by atoms with Crippen molar-refractivity contribution in [2.45, 2.75) is 32.0 Å². The van der Waals surface area contributed by atoms with Gasteiger partial charge in [0.2, 0.25) is 5.88 Å². The van der Waals surface area contributed by atoms with Crippen LogP contribution >= 0.6 is 0 Å². The first kappa shape index (κ1) is 13.8. The number of ether oxygens (including phenoxy) is 1. The van der Waals surface area contributed by atoms with Gasteiger partial charge in [0.25, 0.3) is 0 Å². The van der Waals surface area contributed by atoms with Gasteiger partial charge in [0.05, 0.1) is 12.1 Å². The van der Waals surface area contributed by atoms with E-state index >= 15 is 0 Å². The number of pyridine rings is 1. The van der Waals surface area contributed by atoms with Crippen molar-refractivity contribution in [2.75, 3.05) is 6.61 Å². The molecule has 2 heterocycles. The number of aryl methyl sites for hydroxylation is 1. The normalized spacial score (nSPS) is 14.2. The summed E-state index contributed by atoms with van der Waals surface area (Å²) in [4.78, 5) is 4.16. The maximum Gasteiger partial charge on any atom is 0.416 e. The first-order chi connectivity index (χ1) is 10.0. The van der Waals surface area contributed by atoms with Crippen molar-refractivity contribution in [1.82, 2.24) is 25.2 Å². The second-order valence-electron chi connectivity index (χ2n) is 4.71. The molecule has 1 aliphatic rings. The average Bonchev–Trinajstić information content (AvgIpc) is 3.06. The van der Waals surface area contributed by atoms with Crippen LogP contribution < -0.4 is 4.74 Å². The van der Waals surface area contributed by atoms with Gasteiger partial charge in [0, 0.05) is 11.8 Å². The number of halogens is 3. The van der Waals surface area contributed by atoms with Gasteiger partial charge < -0.3 is 4.74 Å². The maximum atomic E-state index is 13.1. The Bertz CT molecular complexity index is 627. The highest BCUT2D eigenvalue weighted by Crippen LogP contribution is 2.38. The van der Waals surface area contributed by atoms with Crippen LogP contribution in [-0.4, -0.2) is 31.8 Å². The fraction of sp³-hybridized carbons (Fsp3) is 0.500. The molecular formula is C12H12F3N5O. The van der Waals surface area contributed by atoms with Crippen molar-refractivity contribution < 1.29 is 17.9 Å². The number of alkyl halides is 3. The van der Waals surface area contributed by atoms with Crippen LogP contribution in [0.15, 0.2) is 12.4 Å². The molecule has 0 saturated heterocycles. The predicted octanol–water partition coefficient (Wildman–Crippen LogP) is 1.65. The SMILES string of the molecule is FC(F)(F)c1cc(OCCn2cnnn2)nc2c1CCC2. The van der Waals surface area contributed by atoms with Gasteiger partial charge in [-0.15, -0.1) is 5.10 Å². The zero-order valence-electron chi connectivity index (χ0n) is 11.0. The summed E-state index contributed by atoms with van der Waals surface area (Å²) < 4.78 is 45.9. The molecule has 3 rings (SSSR count). The summed E-state index contributed by atoms with van der Waals surface area (Å²) >= 11 is 0. The van der Waals surface area contributed by atoms with E-state index in [0.29, 0.717) is 37.1 Å². The Morgan fingerprint density at radius 1 is 1.29 bits per heavy atom. The van der Waals surface area contributed by atoms with E-state index in [0.717, 1.165) is 6.07 Å². The fourth-order valence-electron chi connectivity index (χ4n) is 2.37. The molecule has 0 N–H and O–H groups in total. The Labute approximate surface area is 117 Å². The molecule has 112 valence electrons. The zero-order valence-corrected chi connectivity index (χ0v) is 11.0. The summed E-state index contributed by atoms with van der Waals surface area (Å²) in [6.07, 6.45) is -1.31. The first-order valence-electron chi connectivity index (χ1n) is 6.47. The lowest BCUT2D eigenvalue weighted by molar-refractivity contribution is -0.138. The molecule has 0 aliphatic heterocycles. The van der Waals surface area contributed by atoms with Crippen LogP contribution in [0.4, 0.5) is 13.2 Å². The Morgan fingerprint density at radius 2 is 2.14 bits per heavy atom. The number of nitrogens with zero attached hydrogens (tertiary/aromatic N) is 5. The maximum absolute atomic E-state index is 13.1. The first-order valence-corrected chi connectivity index (χ1v) is 6.47. The second kappa shape index (κ2) is 5.30. The minimum Gasteiger partial charge on any atom is -0.476 e. The third-order valence-corrected chi connectivity index (χ3v) is 3.29. The van der Waals surface area contributed by atoms with Crippen molar-refractivity contribution in [3.63, 3.8) is 0 Å². The molecule has 0 atom stereocenters. The highest BCUT2D eigenvalue weighted by atomic mass is 19.4. The van der Waals surface area contributed by atoms with E-state index in [-0.39, 0.29) is 12.5 Å². The highest BCUT2D eigenvalue weighted by molar-refractivity contribution is 5.39. The number of hydrogen-bond donors (Lipinski definition) is 0. The number of hydrogen-bond acceptors (Lipinski definition) is 5. The van der Waals surface area contributed by atoms with Crippen molar-refractivity contribution in [3.8, 4) is 5.88 Å². The van der Waals surface area contributed by atoms with Crippen LogP contribution in [0.3, 0.4) is 0 Å². The van der Waals surface area contributed by atoms with Gasteiger partial charge >= 0.3 is 6.18 Å².